The van der Waals surface area contributed by atoms with Gasteiger partial charge < -0.3 is 4.74 Å². The monoisotopic (exact) mass is 233 g/mol. The topological polar surface area (TPSA) is 69.4 Å². The van der Waals surface area contributed by atoms with Crippen molar-refractivity contribution in [2.45, 2.75) is 13.3 Å². The Hall–Kier alpha value is -2.35. The number of ketones is 1. The zero-order valence-corrected chi connectivity index (χ0v) is 9.30. The molecule has 0 radical (unpaired) electrons. The molecule has 1 aromatic carbocycles. The lowest BCUT2D eigenvalue weighted by molar-refractivity contribution is -0.385. The molecule has 0 bridgehead atoms. The molecule has 0 atom stereocenters. The predicted molar refractivity (Wildman–Crippen MR) is 62.0 cm³/mol. The number of hydrogen-bond acceptors (Lipinski definition) is 4. The van der Waals surface area contributed by atoms with Gasteiger partial charge in [0.05, 0.1) is 11.5 Å². The van der Waals surface area contributed by atoms with E-state index in [1.807, 2.05) is 0 Å². The third kappa shape index (κ3) is 3.31. The number of rotatable bonds is 5. The summed E-state index contributed by atoms with van der Waals surface area (Å²) in [7, 11) is 0. The van der Waals surface area contributed by atoms with Gasteiger partial charge in [0.25, 0.3) is 0 Å². The van der Waals surface area contributed by atoms with Gasteiger partial charge in [-0.15, -0.1) is 12.3 Å². The van der Waals surface area contributed by atoms with E-state index in [1.54, 1.807) is 0 Å². The minimum Gasteiger partial charge on any atom is -0.486 e. The van der Waals surface area contributed by atoms with Crippen LogP contribution in [0.25, 0.3) is 0 Å². The highest BCUT2D eigenvalue weighted by Gasteiger charge is 2.17. The first-order valence-electron chi connectivity index (χ1n) is 4.92. The molecule has 0 aliphatic carbocycles. The van der Waals surface area contributed by atoms with Crippen LogP contribution in [0.4, 0.5) is 5.69 Å². The summed E-state index contributed by atoms with van der Waals surface area (Å²) in [6.07, 6.45) is 5.41. The molecular weight excluding hydrogens is 222 g/mol. The van der Waals surface area contributed by atoms with Crippen molar-refractivity contribution in [1.82, 2.24) is 0 Å². The van der Waals surface area contributed by atoms with Gasteiger partial charge in [0.2, 0.25) is 0 Å². The number of Topliss-reactive ketones (excluding diaryl/α,β-unsaturated/α-hetero) is 1. The smallest absolute Gasteiger partial charge is 0.311 e. The summed E-state index contributed by atoms with van der Waals surface area (Å²) in [6, 6.07) is 4.10. The minimum atomic E-state index is -0.586. The van der Waals surface area contributed by atoms with Crippen LogP contribution in [0.15, 0.2) is 18.2 Å². The van der Waals surface area contributed by atoms with Crippen LogP contribution in [-0.4, -0.2) is 17.3 Å². The van der Waals surface area contributed by atoms with Gasteiger partial charge in [0, 0.05) is 18.1 Å². The van der Waals surface area contributed by atoms with Crippen LogP contribution in [0, 0.1) is 22.5 Å². The summed E-state index contributed by atoms with van der Waals surface area (Å²) in [5, 5.41) is 10.8. The first-order chi connectivity index (χ1) is 8.06. The zero-order chi connectivity index (χ0) is 12.8. The number of nitro benzene ring substituents is 1. The third-order valence-electron chi connectivity index (χ3n) is 2.07. The molecule has 0 saturated carbocycles. The number of carbonyl (C=O) groups is 1. The second-order valence-electron chi connectivity index (χ2n) is 3.30. The second kappa shape index (κ2) is 5.66. The van der Waals surface area contributed by atoms with Crippen molar-refractivity contribution in [2.75, 3.05) is 6.61 Å². The van der Waals surface area contributed by atoms with E-state index in [4.69, 9.17) is 11.2 Å². The molecule has 0 heterocycles. The Morgan fingerprint density at radius 1 is 1.59 bits per heavy atom. The molecule has 0 aromatic heterocycles. The average Bonchev–Trinajstić information content (AvgIpc) is 2.29. The molecule has 5 heteroatoms. The summed E-state index contributed by atoms with van der Waals surface area (Å²) < 4.78 is 5.18. The van der Waals surface area contributed by atoms with Crippen molar-refractivity contribution < 1.29 is 14.5 Å². The van der Waals surface area contributed by atoms with E-state index in [9.17, 15) is 14.9 Å². The summed E-state index contributed by atoms with van der Waals surface area (Å²) in [4.78, 5) is 21.3. The van der Waals surface area contributed by atoms with Crippen molar-refractivity contribution in [1.29, 1.82) is 0 Å². The van der Waals surface area contributed by atoms with Crippen LogP contribution in [0.5, 0.6) is 5.75 Å². The quantitative estimate of drug-likeness (QED) is 0.257. The largest absolute Gasteiger partial charge is 0.486 e. The third-order valence-corrected chi connectivity index (χ3v) is 2.07. The first kappa shape index (κ1) is 12.7. The van der Waals surface area contributed by atoms with Gasteiger partial charge >= 0.3 is 5.69 Å². The molecule has 0 saturated heterocycles. The average molecular weight is 233 g/mol. The van der Waals surface area contributed by atoms with E-state index >= 15 is 0 Å². The van der Waals surface area contributed by atoms with Crippen LogP contribution >= 0.6 is 0 Å². The number of benzene rings is 1. The van der Waals surface area contributed by atoms with Gasteiger partial charge in [-0.2, -0.15) is 0 Å². The Morgan fingerprint density at radius 3 is 2.82 bits per heavy atom. The molecule has 88 valence electrons. The maximum absolute atomic E-state index is 11.1. The van der Waals surface area contributed by atoms with E-state index in [-0.39, 0.29) is 29.4 Å². The highest BCUT2D eigenvalue weighted by molar-refractivity contribution is 5.95. The lowest BCUT2D eigenvalue weighted by atomic mass is 10.1. The number of ether oxygens (including phenoxy) is 1. The molecule has 17 heavy (non-hydrogen) atoms. The van der Waals surface area contributed by atoms with Crippen LogP contribution in [0.2, 0.25) is 0 Å². The van der Waals surface area contributed by atoms with E-state index in [0.717, 1.165) is 0 Å². The molecule has 0 aliphatic heterocycles. The molecule has 0 aliphatic rings. The van der Waals surface area contributed by atoms with Crippen molar-refractivity contribution in [3.8, 4) is 18.1 Å². The van der Waals surface area contributed by atoms with Crippen LogP contribution in [0.1, 0.15) is 23.7 Å². The maximum Gasteiger partial charge on any atom is 0.311 e. The van der Waals surface area contributed by atoms with Gasteiger partial charge in [-0.3, -0.25) is 14.9 Å². The number of nitro groups is 1. The van der Waals surface area contributed by atoms with Crippen LogP contribution in [-0.2, 0) is 0 Å². The van der Waals surface area contributed by atoms with E-state index < -0.39 is 4.92 Å². The molecule has 0 fully saturated rings. The maximum atomic E-state index is 11.1. The van der Waals surface area contributed by atoms with Crippen molar-refractivity contribution in [3.63, 3.8) is 0 Å². The van der Waals surface area contributed by atoms with E-state index in [1.165, 1.54) is 25.1 Å². The number of terminal acetylenes is 1. The van der Waals surface area contributed by atoms with Crippen molar-refractivity contribution in [2.24, 2.45) is 0 Å². The highest BCUT2D eigenvalue weighted by atomic mass is 16.6. The van der Waals surface area contributed by atoms with Gasteiger partial charge in [0.1, 0.15) is 0 Å². The second-order valence-corrected chi connectivity index (χ2v) is 3.30. The molecule has 1 aromatic rings. The molecule has 1 rings (SSSR count). The fourth-order valence-electron chi connectivity index (χ4n) is 1.22. The summed E-state index contributed by atoms with van der Waals surface area (Å²) in [6.45, 7) is 1.55. The Labute approximate surface area is 98.5 Å². The summed E-state index contributed by atoms with van der Waals surface area (Å²) in [5.74, 6) is 2.25. The summed E-state index contributed by atoms with van der Waals surface area (Å²) in [5.41, 5.74) is 0.0516. The number of nitrogens with zero attached hydrogens (tertiary/aromatic N) is 1. The van der Waals surface area contributed by atoms with Crippen molar-refractivity contribution >= 4 is 11.5 Å². The standard InChI is InChI=1S/C12H11NO4/c1-3-4-7-17-12-6-5-10(9(2)14)8-11(12)13(15)16/h1,5-6,8H,4,7H2,2H3. The predicted octanol–water partition coefficient (Wildman–Crippen LogP) is 2.20. The molecule has 0 unspecified atom stereocenters. The lowest BCUT2D eigenvalue weighted by Crippen LogP contribution is -2.02. The normalized spacial score (nSPS) is 9.41. The van der Waals surface area contributed by atoms with E-state index in [2.05, 4.69) is 5.92 Å². The van der Waals surface area contributed by atoms with Gasteiger partial charge in [-0.1, -0.05) is 0 Å². The van der Waals surface area contributed by atoms with Crippen LogP contribution < -0.4 is 4.74 Å². The van der Waals surface area contributed by atoms with Crippen molar-refractivity contribution in [3.05, 3.63) is 33.9 Å². The molecule has 0 spiro atoms. The van der Waals surface area contributed by atoms with Gasteiger partial charge in [0.15, 0.2) is 11.5 Å². The molecule has 5 nitrogen and oxygen atoms in total. The molecular formula is C12H11NO4. The number of carbonyl (C=O) groups excluding carboxylic acids is 1. The van der Waals surface area contributed by atoms with Gasteiger partial charge in [-0.05, 0) is 19.1 Å². The van der Waals surface area contributed by atoms with Gasteiger partial charge in [-0.25, -0.2) is 0 Å². The Morgan fingerprint density at radius 2 is 2.29 bits per heavy atom. The first-order valence-corrected chi connectivity index (χ1v) is 4.92. The Kier molecular flexibility index (Phi) is 4.23. The SMILES string of the molecule is C#CCCOc1ccc(C(C)=O)cc1[N+](=O)[O-]. The lowest BCUT2D eigenvalue weighted by Gasteiger charge is -2.05. The zero-order valence-electron chi connectivity index (χ0n) is 9.30. The van der Waals surface area contributed by atoms with E-state index in [0.29, 0.717) is 6.42 Å². The Balaban J connectivity index is 3.01. The Bertz CT molecular complexity index is 488. The molecule has 0 amide bonds. The fraction of sp³-hybridized carbons (Fsp3) is 0.250. The minimum absolute atomic E-state index is 0.121. The fourth-order valence-corrected chi connectivity index (χ4v) is 1.22. The molecule has 0 N–H and O–H groups in total. The highest BCUT2D eigenvalue weighted by Crippen LogP contribution is 2.28. The number of hydrogen-bond donors (Lipinski definition) is 0. The summed E-state index contributed by atoms with van der Waals surface area (Å²) >= 11 is 0. The van der Waals surface area contributed by atoms with Crippen LogP contribution in [0.3, 0.4) is 0 Å².